The van der Waals surface area contributed by atoms with Crippen LogP contribution < -0.4 is 15.4 Å². The maximum Gasteiger partial charge on any atom is 0.285 e. The number of methoxy groups -OCH3 is 1. The van der Waals surface area contributed by atoms with Gasteiger partial charge in [-0.05, 0) is 44.2 Å². The van der Waals surface area contributed by atoms with Crippen molar-refractivity contribution in [3.63, 3.8) is 0 Å². The molecule has 7 nitrogen and oxygen atoms in total. The minimum Gasteiger partial charge on any atom is -0.495 e. The van der Waals surface area contributed by atoms with Crippen LogP contribution in [0, 0.1) is 16.0 Å². The van der Waals surface area contributed by atoms with Crippen molar-refractivity contribution in [3.8, 4) is 5.75 Å². The van der Waals surface area contributed by atoms with Crippen LogP contribution in [0.5, 0.6) is 5.75 Å². The molecule has 1 heterocycles. The SMILES string of the molecule is COc1cc([N+](=O)[O-])c(C(=O)NCC2CCCNC2)cc1SC. The number of hydrogen-bond acceptors (Lipinski definition) is 6. The average Bonchev–Trinajstić information content (AvgIpc) is 2.59. The van der Waals surface area contributed by atoms with Crippen LogP contribution in [-0.4, -0.2) is 43.8 Å². The van der Waals surface area contributed by atoms with E-state index in [9.17, 15) is 14.9 Å². The number of carbonyl (C=O) groups excluding carboxylic acids is 1. The fourth-order valence-corrected chi connectivity index (χ4v) is 3.21. The van der Waals surface area contributed by atoms with Crippen LogP contribution in [0.2, 0.25) is 0 Å². The van der Waals surface area contributed by atoms with Crippen molar-refractivity contribution in [3.05, 3.63) is 27.8 Å². The molecule has 1 fully saturated rings. The third-order valence-electron chi connectivity index (χ3n) is 3.89. The topological polar surface area (TPSA) is 93.5 Å². The first-order valence-electron chi connectivity index (χ1n) is 7.46. The number of nitro benzene ring substituents is 1. The van der Waals surface area contributed by atoms with Gasteiger partial charge in [-0.25, -0.2) is 0 Å². The molecule has 1 saturated heterocycles. The molecule has 1 aromatic carbocycles. The Morgan fingerprint density at radius 1 is 1.57 bits per heavy atom. The number of nitrogens with zero attached hydrogens (tertiary/aromatic N) is 1. The summed E-state index contributed by atoms with van der Waals surface area (Å²) in [4.78, 5) is 23.8. The highest BCUT2D eigenvalue weighted by atomic mass is 32.2. The van der Waals surface area contributed by atoms with Gasteiger partial charge in [-0.1, -0.05) is 0 Å². The minimum absolute atomic E-state index is 0.0731. The molecule has 0 aromatic heterocycles. The molecule has 23 heavy (non-hydrogen) atoms. The number of benzene rings is 1. The Kier molecular flexibility index (Phi) is 6.23. The smallest absolute Gasteiger partial charge is 0.285 e. The molecule has 1 amide bonds. The van der Waals surface area contributed by atoms with E-state index >= 15 is 0 Å². The van der Waals surface area contributed by atoms with E-state index < -0.39 is 10.8 Å². The number of nitro groups is 1. The van der Waals surface area contributed by atoms with Gasteiger partial charge >= 0.3 is 0 Å². The second kappa shape index (κ2) is 8.16. The van der Waals surface area contributed by atoms with Gasteiger partial charge in [0, 0.05) is 6.54 Å². The molecule has 126 valence electrons. The highest BCUT2D eigenvalue weighted by Gasteiger charge is 2.24. The highest BCUT2D eigenvalue weighted by Crippen LogP contribution is 2.34. The number of rotatable bonds is 6. The molecule has 2 N–H and O–H groups in total. The molecule has 2 rings (SSSR count). The Balaban J connectivity index is 2.18. The van der Waals surface area contributed by atoms with Crippen molar-refractivity contribution in [2.24, 2.45) is 5.92 Å². The van der Waals surface area contributed by atoms with Crippen LogP contribution in [0.4, 0.5) is 5.69 Å². The molecule has 1 atom stereocenters. The fraction of sp³-hybridized carbons (Fsp3) is 0.533. The Hall–Kier alpha value is -1.80. The molecule has 0 radical (unpaired) electrons. The van der Waals surface area contributed by atoms with E-state index in [1.807, 2.05) is 6.26 Å². The summed E-state index contributed by atoms with van der Waals surface area (Å²) >= 11 is 1.38. The summed E-state index contributed by atoms with van der Waals surface area (Å²) in [6.45, 7) is 2.39. The first-order valence-corrected chi connectivity index (χ1v) is 8.68. The van der Waals surface area contributed by atoms with Gasteiger partial charge in [0.25, 0.3) is 11.6 Å². The van der Waals surface area contributed by atoms with E-state index in [2.05, 4.69) is 10.6 Å². The summed E-state index contributed by atoms with van der Waals surface area (Å²) in [5, 5.41) is 17.4. The van der Waals surface area contributed by atoms with Crippen molar-refractivity contribution in [1.82, 2.24) is 10.6 Å². The molecular weight excluding hydrogens is 318 g/mol. The van der Waals surface area contributed by atoms with Gasteiger partial charge in [-0.15, -0.1) is 11.8 Å². The molecule has 1 aromatic rings. The van der Waals surface area contributed by atoms with Gasteiger partial charge in [0.05, 0.1) is 23.0 Å². The van der Waals surface area contributed by atoms with Crippen LogP contribution in [0.3, 0.4) is 0 Å². The van der Waals surface area contributed by atoms with Crippen molar-refractivity contribution in [1.29, 1.82) is 0 Å². The number of carbonyl (C=O) groups is 1. The van der Waals surface area contributed by atoms with Crippen LogP contribution in [0.15, 0.2) is 17.0 Å². The van der Waals surface area contributed by atoms with E-state index in [1.165, 1.54) is 31.0 Å². The number of thioether (sulfide) groups is 1. The lowest BCUT2D eigenvalue weighted by atomic mass is 9.99. The van der Waals surface area contributed by atoms with Crippen LogP contribution in [0.25, 0.3) is 0 Å². The zero-order valence-electron chi connectivity index (χ0n) is 13.3. The molecule has 8 heteroatoms. The Morgan fingerprint density at radius 2 is 2.35 bits per heavy atom. The summed E-state index contributed by atoms with van der Waals surface area (Å²) in [6.07, 6.45) is 3.97. The van der Waals surface area contributed by atoms with Crippen molar-refractivity contribution in [2.45, 2.75) is 17.7 Å². The molecule has 0 saturated carbocycles. The maximum atomic E-state index is 12.4. The monoisotopic (exact) mass is 339 g/mol. The molecule has 0 bridgehead atoms. The van der Waals surface area contributed by atoms with E-state index in [4.69, 9.17) is 4.74 Å². The van der Waals surface area contributed by atoms with Gasteiger partial charge in [0.2, 0.25) is 0 Å². The summed E-state index contributed by atoms with van der Waals surface area (Å²) < 4.78 is 5.15. The van der Waals surface area contributed by atoms with Crippen molar-refractivity contribution in [2.75, 3.05) is 33.0 Å². The zero-order valence-corrected chi connectivity index (χ0v) is 14.1. The van der Waals surface area contributed by atoms with Gasteiger partial charge in [-0.3, -0.25) is 14.9 Å². The summed E-state index contributed by atoms with van der Waals surface area (Å²) in [6, 6.07) is 2.83. The average molecular weight is 339 g/mol. The lowest BCUT2D eigenvalue weighted by Crippen LogP contribution is -2.38. The summed E-state index contributed by atoms with van der Waals surface area (Å²) in [5.41, 5.74) is -0.164. The third-order valence-corrected chi connectivity index (χ3v) is 4.65. The predicted octanol–water partition coefficient (Wildman–Crippen LogP) is 2.05. The Morgan fingerprint density at radius 3 is 2.91 bits per heavy atom. The second-order valence-corrected chi connectivity index (χ2v) is 6.25. The van der Waals surface area contributed by atoms with E-state index in [0.29, 0.717) is 23.1 Å². The van der Waals surface area contributed by atoms with E-state index in [1.54, 1.807) is 0 Å². The standard InChI is InChI=1S/C15H21N3O4S/c1-22-13-7-12(18(20)21)11(6-14(13)23-2)15(19)17-9-10-4-3-5-16-8-10/h6-7,10,16H,3-5,8-9H2,1-2H3,(H,17,19). The number of nitrogens with one attached hydrogen (secondary N) is 2. The lowest BCUT2D eigenvalue weighted by Gasteiger charge is -2.22. The molecular formula is C15H21N3O4S. The van der Waals surface area contributed by atoms with Crippen LogP contribution in [0.1, 0.15) is 23.2 Å². The number of piperidine rings is 1. The van der Waals surface area contributed by atoms with Gasteiger partial charge in [-0.2, -0.15) is 0 Å². The number of hydrogen-bond donors (Lipinski definition) is 2. The molecule has 1 aliphatic rings. The summed E-state index contributed by atoms with van der Waals surface area (Å²) in [5.74, 6) is 0.350. The quantitative estimate of drug-likeness (QED) is 0.468. The van der Waals surface area contributed by atoms with E-state index in [0.717, 1.165) is 25.9 Å². The molecule has 0 spiro atoms. The van der Waals surface area contributed by atoms with E-state index in [-0.39, 0.29) is 11.3 Å². The van der Waals surface area contributed by atoms with Crippen LogP contribution in [-0.2, 0) is 0 Å². The zero-order chi connectivity index (χ0) is 16.8. The first-order chi connectivity index (χ1) is 11.1. The van der Waals surface area contributed by atoms with Crippen molar-refractivity contribution >= 4 is 23.4 Å². The highest BCUT2D eigenvalue weighted by molar-refractivity contribution is 7.98. The number of amides is 1. The lowest BCUT2D eigenvalue weighted by molar-refractivity contribution is -0.385. The third kappa shape index (κ3) is 4.35. The Bertz CT molecular complexity index is 588. The van der Waals surface area contributed by atoms with Gasteiger partial charge < -0.3 is 15.4 Å². The minimum atomic E-state index is -0.552. The van der Waals surface area contributed by atoms with Gasteiger partial charge in [0.15, 0.2) is 0 Å². The Labute approximate surface area is 139 Å². The summed E-state index contributed by atoms with van der Waals surface area (Å²) in [7, 11) is 1.45. The first kappa shape index (κ1) is 17.6. The maximum absolute atomic E-state index is 12.4. The molecule has 1 aliphatic heterocycles. The normalized spacial score (nSPS) is 17.6. The predicted molar refractivity (Wildman–Crippen MR) is 89.4 cm³/mol. The number of ether oxygens (including phenoxy) is 1. The van der Waals surface area contributed by atoms with Gasteiger partial charge in [0.1, 0.15) is 11.3 Å². The molecule has 0 aliphatic carbocycles. The van der Waals surface area contributed by atoms with Crippen molar-refractivity contribution < 1.29 is 14.5 Å². The second-order valence-electron chi connectivity index (χ2n) is 5.40. The van der Waals surface area contributed by atoms with Crippen LogP contribution >= 0.6 is 11.8 Å². The largest absolute Gasteiger partial charge is 0.495 e. The molecule has 1 unspecified atom stereocenters. The fourth-order valence-electron chi connectivity index (χ4n) is 2.63.